The first-order valence-corrected chi connectivity index (χ1v) is 8.68. The van der Waals surface area contributed by atoms with Crippen LogP contribution in [0.2, 0.25) is 0 Å². The molecule has 25 heavy (non-hydrogen) atoms. The van der Waals surface area contributed by atoms with Gasteiger partial charge in [-0.2, -0.15) is 13.2 Å². The average molecular weight is 353 g/mol. The molecular formula is C18H22F3N3O. The van der Waals surface area contributed by atoms with E-state index in [0.717, 1.165) is 42.7 Å². The molecule has 0 unspecified atom stereocenters. The van der Waals surface area contributed by atoms with Crippen molar-refractivity contribution in [2.24, 2.45) is 5.92 Å². The molecule has 0 bridgehead atoms. The SMILES string of the molecule is C[C@@H](Cn1c(C(F)(F)F)cc2cccnc21)NC(=O)C1CCCCC1. The van der Waals surface area contributed by atoms with Crippen LogP contribution in [0, 0.1) is 5.92 Å². The first-order valence-electron chi connectivity index (χ1n) is 8.68. The molecule has 1 aliphatic rings. The van der Waals surface area contributed by atoms with Gasteiger partial charge in [0, 0.05) is 30.1 Å². The highest BCUT2D eigenvalue weighted by atomic mass is 19.4. The monoisotopic (exact) mass is 353 g/mol. The first kappa shape index (κ1) is 17.8. The number of alkyl halides is 3. The second-order valence-corrected chi connectivity index (χ2v) is 6.80. The van der Waals surface area contributed by atoms with Gasteiger partial charge < -0.3 is 9.88 Å². The number of fused-ring (bicyclic) bond motifs is 1. The summed E-state index contributed by atoms with van der Waals surface area (Å²) >= 11 is 0. The van der Waals surface area contributed by atoms with Gasteiger partial charge in [0.05, 0.1) is 0 Å². The molecule has 1 amide bonds. The average Bonchev–Trinajstić information content (AvgIpc) is 2.94. The van der Waals surface area contributed by atoms with Gasteiger partial charge in [-0.3, -0.25) is 4.79 Å². The summed E-state index contributed by atoms with van der Waals surface area (Å²) in [5.74, 6) is -0.0667. The van der Waals surface area contributed by atoms with Gasteiger partial charge >= 0.3 is 6.18 Å². The fourth-order valence-electron chi connectivity index (χ4n) is 3.55. The Bertz CT molecular complexity index is 748. The zero-order chi connectivity index (χ0) is 18.0. The Hall–Kier alpha value is -2.05. The molecule has 0 aromatic carbocycles. The molecule has 136 valence electrons. The largest absolute Gasteiger partial charge is 0.431 e. The van der Waals surface area contributed by atoms with Gasteiger partial charge in [-0.15, -0.1) is 0 Å². The van der Waals surface area contributed by atoms with Crippen molar-refractivity contribution in [2.75, 3.05) is 0 Å². The van der Waals surface area contributed by atoms with Gasteiger partial charge in [0.2, 0.25) is 5.91 Å². The Balaban J connectivity index is 1.78. The molecule has 3 rings (SSSR count). The number of nitrogens with one attached hydrogen (secondary N) is 1. The Morgan fingerprint density at radius 3 is 2.76 bits per heavy atom. The molecule has 1 aliphatic carbocycles. The second kappa shape index (κ2) is 7.06. The van der Waals surface area contributed by atoms with E-state index in [1.54, 1.807) is 19.1 Å². The van der Waals surface area contributed by atoms with Gasteiger partial charge in [-0.25, -0.2) is 4.98 Å². The van der Waals surface area contributed by atoms with E-state index >= 15 is 0 Å². The third kappa shape index (κ3) is 3.96. The number of hydrogen-bond acceptors (Lipinski definition) is 2. The van der Waals surface area contributed by atoms with E-state index in [1.165, 1.54) is 6.20 Å². The standard InChI is InChI=1S/C18H22F3N3O/c1-12(23-17(25)13-6-3-2-4-7-13)11-24-15(18(19,20)21)10-14-8-5-9-22-16(14)24/h5,8-10,12-13H,2-4,6-7,11H2,1H3,(H,23,25)/t12-/m0/s1. The van der Waals surface area contributed by atoms with Crippen LogP contribution >= 0.6 is 0 Å². The number of halogens is 3. The molecule has 1 saturated carbocycles. The van der Waals surface area contributed by atoms with Crippen LogP contribution in [0.5, 0.6) is 0 Å². The number of hydrogen-bond donors (Lipinski definition) is 1. The van der Waals surface area contributed by atoms with Gasteiger partial charge in [-0.1, -0.05) is 19.3 Å². The minimum Gasteiger partial charge on any atom is -0.352 e. The topological polar surface area (TPSA) is 46.9 Å². The number of amides is 1. The molecule has 7 heteroatoms. The summed E-state index contributed by atoms with van der Waals surface area (Å²) in [6.45, 7) is 1.77. The summed E-state index contributed by atoms with van der Waals surface area (Å²) in [6.07, 6.45) is 1.96. The molecule has 0 aliphatic heterocycles. The minimum atomic E-state index is -4.46. The highest BCUT2D eigenvalue weighted by Gasteiger charge is 2.36. The van der Waals surface area contributed by atoms with Crippen LogP contribution in [0.1, 0.15) is 44.7 Å². The Labute approximate surface area is 144 Å². The van der Waals surface area contributed by atoms with E-state index in [9.17, 15) is 18.0 Å². The van der Waals surface area contributed by atoms with Crippen molar-refractivity contribution in [3.05, 3.63) is 30.1 Å². The van der Waals surface area contributed by atoms with E-state index in [1.807, 2.05) is 0 Å². The summed E-state index contributed by atoms with van der Waals surface area (Å²) in [4.78, 5) is 16.4. The van der Waals surface area contributed by atoms with Gasteiger partial charge in [-0.05, 0) is 38.0 Å². The number of pyridine rings is 1. The van der Waals surface area contributed by atoms with Crippen LogP contribution in [0.4, 0.5) is 13.2 Å². The van der Waals surface area contributed by atoms with E-state index in [2.05, 4.69) is 10.3 Å². The summed E-state index contributed by atoms with van der Waals surface area (Å²) < 4.78 is 41.2. The summed E-state index contributed by atoms with van der Waals surface area (Å²) in [6, 6.07) is 3.92. The molecule has 2 aromatic heterocycles. The van der Waals surface area contributed by atoms with E-state index in [0.29, 0.717) is 5.39 Å². The van der Waals surface area contributed by atoms with Crippen LogP contribution in [-0.4, -0.2) is 21.5 Å². The molecule has 1 fully saturated rings. The lowest BCUT2D eigenvalue weighted by atomic mass is 9.88. The number of nitrogens with zero attached hydrogens (tertiary/aromatic N) is 2. The van der Waals surface area contributed by atoms with Crippen molar-refractivity contribution < 1.29 is 18.0 Å². The number of rotatable bonds is 4. The van der Waals surface area contributed by atoms with Crippen molar-refractivity contribution in [1.82, 2.24) is 14.9 Å². The van der Waals surface area contributed by atoms with E-state index < -0.39 is 17.9 Å². The first-order chi connectivity index (χ1) is 11.9. The molecule has 4 nitrogen and oxygen atoms in total. The maximum Gasteiger partial charge on any atom is 0.431 e. The predicted octanol–water partition coefficient (Wildman–Crippen LogP) is 4.14. The molecule has 1 N–H and O–H groups in total. The Morgan fingerprint density at radius 1 is 1.36 bits per heavy atom. The second-order valence-electron chi connectivity index (χ2n) is 6.80. The van der Waals surface area contributed by atoms with Crippen LogP contribution < -0.4 is 5.32 Å². The number of aromatic nitrogens is 2. The third-order valence-corrected chi connectivity index (χ3v) is 4.77. The molecule has 2 heterocycles. The molecule has 2 aromatic rings. The predicted molar refractivity (Wildman–Crippen MR) is 88.9 cm³/mol. The Morgan fingerprint density at radius 2 is 2.08 bits per heavy atom. The van der Waals surface area contributed by atoms with Crippen molar-refractivity contribution >= 4 is 16.9 Å². The maximum atomic E-state index is 13.4. The number of carbonyl (C=O) groups excluding carboxylic acids is 1. The summed E-state index contributed by atoms with van der Waals surface area (Å²) in [7, 11) is 0. The lowest BCUT2D eigenvalue weighted by molar-refractivity contribution is -0.143. The van der Waals surface area contributed by atoms with Crippen molar-refractivity contribution in [1.29, 1.82) is 0 Å². The van der Waals surface area contributed by atoms with Crippen molar-refractivity contribution in [3.63, 3.8) is 0 Å². The van der Waals surface area contributed by atoms with Crippen LogP contribution in [0.15, 0.2) is 24.4 Å². The molecule has 0 radical (unpaired) electrons. The Kier molecular flexibility index (Phi) is 5.01. The minimum absolute atomic E-state index is 0.0159. The molecule has 0 saturated heterocycles. The fraction of sp³-hybridized carbons (Fsp3) is 0.556. The third-order valence-electron chi connectivity index (χ3n) is 4.77. The molecular weight excluding hydrogens is 331 g/mol. The van der Waals surface area contributed by atoms with Gasteiger partial charge in [0.1, 0.15) is 11.3 Å². The van der Waals surface area contributed by atoms with E-state index in [4.69, 9.17) is 0 Å². The highest BCUT2D eigenvalue weighted by Crippen LogP contribution is 2.33. The molecule has 1 atom stereocenters. The van der Waals surface area contributed by atoms with Crippen molar-refractivity contribution in [3.8, 4) is 0 Å². The zero-order valence-corrected chi connectivity index (χ0v) is 14.1. The smallest absolute Gasteiger partial charge is 0.352 e. The van der Waals surface area contributed by atoms with E-state index in [-0.39, 0.29) is 24.0 Å². The highest BCUT2D eigenvalue weighted by molar-refractivity contribution is 5.79. The summed E-state index contributed by atoms with van der Waals surface area (Å²) in [5.41, 5.74) is -0.450. The van der Waals surface area contributed by atoms with Crippen LogP contribution in [-0.2, 0) is 17.5 Å². The molecule has 0 spiro atoms. The van der Waals surface area contributed by atoms with Crippen molar-refractivity contribution in [2.45, 2.75) is 57.8 Å². The lowest BCUT2D eigenvalue weighted by Crippen LogP contribution is -2.40. The zero-order valence-electron chi connectivity index (χ0n) is 14.1. The van der Waals surface area contributed by atoms with Crippen LogP contribution in [0.3, 0.4) is 0 Å². The fourth-order valence-corrected chi connectivity index (χ4v) is 3.55. The van der Waals surface area contributed by atoms with Gasteiger partial charge in [0.25, 0.3) is 0 Å². The quantitative estimate of drug-likeness (QED) is 0.898. The van der Waals surface area contributed by atoms with Gasteiger partial charge in [0.15, 0.2) is 0 Å². The maximum absolute atomic E-state index is 13.4. The normalized spacial score (nSPS) is 17.6. The lowest BCUT2D eigenvalue weighted by Gasteiger charge is -2.24. The number of carbonyl (C=O) groups is 1. The summed E-state index contributed by atoms with van der Waals surface area (Å²) in [5, 5.41) is 3.32. The van der Waals surface area contributed by atoms with Crippen LogP contribution in [0.25, 0.3) is 11.0 Å².